The van der Waals surface area contributed by atoms with Crippen LogP contribution in [0.25, 0.3) is 0 Å². The van der Waals surface area contributed by atoms with Gasteiger partial charge in [-0.3, -0.25) is 4.79 Å². The molecule has 0 aliphatic heterocycles. The molecule has 0 unspecified atom stereocenters. The van der Waals surface area contributed by atoms with Crippen LogP contribution in [0.2, 0.25) is 0 Å². The van der Waals surface area contributed by atoms with Crippen molar-refractivity contribution < 1.29 is 19.0 Å². The van der Waals surface area contributed by atoms with E-state index in [1.807, 2.05) is 18.2 Å². The third-order valence-electron chi connectivity index (χ3n) is 5.55. The SMILES string of the molecule is COc1cccc(OC2CCC(NC(=O)c3cnc(C4CC4)nc3)CC2)c1OC. The van der Waals surface area contributed by atoms with Gasteiger partial charge in [0, 0.05) is 24.4 Å². The fourth-order valence-corrected chi connectivity index (χ4v) is 3.73. The summed E-state index contributed by atoms with van der Waals surface area (Å²) in [5.41, 5.74) is 0.522. The third-order valence-corrected chi connectivity index (χ3v) is 5.55. The van der Waals surface area contributed by atoms with E-state index in [2.05, 4.69) is 15.3 Å². The van der Waals surface area contributed by atoms with E-state index in [-0.39, 0.29) is 18.1 Å². The number of ether oxygens (including phenoxy) is 3. The first kappa shape index (κ1) is 19.5. The Morgan fingerprint density at radius 3 is 2.28 bits per heavy atom. The third kappa shape index (κ3) is 4.60. The number of aromatic nitrogens is 2. The molecule has 1 heterocycles. The second-order valence-corrected chi connectivity index (χ2v) is 7.66. The molecule has 2 saturated carbocycles. The molecule has 1 aromatic heterocycles. The lowest BCUT2D eigenvalue weighted by Gasteiger charge is -2.30. The van der Waals surface area contributed by atoms with Crippen molar-refractivity contribution in [1.29, 1.82) is 0 Å². The second kappa shape index (κ2) is 8.68. The molecule has 4 rings (SSSR count). The van der Waals surface area contributed by atoms with E-state index >= 15 is 0 Å². The monoisotopic (exact) mass is 397 g/mol. The molecule has 2 aliphatic carbocycles. The molecule has 2 aromatic rings. The number of benzene rings is 1. The molecule has 1 N–H and O–H groups in total. The lowest BCUT2D eigenvalue weighted by atomic mass is 9.92. The molecule has 0 radical (unpaired) electrons. The molecule has 7 nitrogen and oxygen atoms in total. The molecule has 0 atom stereocenters. The van der Waals surface area contributed by atoms with Crippen LogP contribution >= 0.6 is 0 Å². The zero-order valence-electron chi connectivity index (χ0n) is 16.9. The molecular formula is C22H27N3O4. The van der Waals surface area contributed by atoms with Gasteiger partial charge in [-0.2, -0.15) is 0 Å². The van der Waals surface area contributed by atoms with Crippen LogP contribution in [0.15, 0.2) is 30.6 Å². The van der Waals surface area contributed by atoms with Gasteiger partial charge in [0.15, 0.2) is 11.5 Å². The molecule has 0 spiro atoms. The summed E-state index contributed by atoms with van der Waals surface area (Å²) in [5, 5.41) is 3.11. The van der Waals surface area contributed by atoms with Crippen LogP contribution in [0.1, 0.15) is 60.6 Å². The van der Waals surface area contributed by atoms with Crippen LogP contribution in [0.5, 0.6) is 17.2 Å². The minimum Gasteiger partial charge on any atom is -0.493 e. The lowest BCUT2D eigenvalue weighted by molar-refractivity contribution is 0.0890. The van der Waals surface area contributed by atoms with Crippen molar-refractivity contribution in [3.63, 3.8) is 0 Å². The van der Waals surface area contributed by atoms with Gasteiger partial charge in [0.2, 0.25) is 5.75 Å². The van der Waals surface area contributed by atoms with Crippen molar-refractivity contribution in [2.45, 2.75) is 56.6 Å². The zero-order chi connectivity index (χ0) is 20.2. The number of rotatable bonds is 7. The van der Waals surface area contributed by atoms with Crippen LogP contribution in [-0.2, 0) is 0 Å². The summed E-state index contributed by atoms with van der Waals surface area (Å²) >= 11 is 0. The summed E-state index contributed by atoms with van der Waals surface area (Å²) in [7, 11) is 3.22. The van der Waals surface area contributed by atoms with Gasteiger partial charge in [0.25, 0.3) is 5.91 Å². The Kier molecular flexibility index (Phi) is 5.83. The van der Waals surface area contributed by atoms with Crippen LogP contribution < -0.4 is 19.5 Å². The lowest BCUT2D eigenvalue weighted by Crippen LogP contribution is -2.39. The molecule has 0 saturated heterocycles. The van der Waals surface area contributed by atoms with Crippen LogP contribution in [0, 0.1) is 0 Å². The van der Waals surface area contributed by atoms with E-state index in [0.717, 1.165) is 44.3 Å². The van der Waals surface area contributed by atoms with E-state index in [4.69, 9.17) is 14.2 Å². The highest BCUT2D eigenvalue weighted by Crippen LogP contribution is 2.39. The topological polar surface area (TPSA) is 82.6 Å². The zero-order valence-corrected chi connectivity index (χ0v) is 16.9. The van der Waals surface area contributed by atoms with E-state index in [9.17, 15) is 4.79 Å². The molecule has 0 bridgehead atoms. The Balaban J connectivity index is 1.29. The summed E-state index contributed by atoms with van der Waals surface area (Å²) in [4.78, 5) is 21.1. The number of nitrogens with zero attached hydrogens (tertiary/aromatic N) is 2. The highest BCUT2D eigenvalue weighted by atomic mass is 16.5. The number of hydrogen-bond donors (Lipinski definition) is 1. The van der Waals surface area contributed by atoms with Gasteiger partial charge >= 0.3 is 0 Å². The number of amides is 1. The number of para-hydroxylation sites is 1. The summed E-state index contributed by atoms with van der Waals surface area (Å²) in [6.45, 7) is 0. The molecule has 1 amide bonds. The molecular weight excluding hydrogens is 370 g/mol. The fraction of sp³-hybridized carbons (Fsp3) is 0.500. The predicted molar refractivity (Wildman–Crippen MR) is 108 cm³/mol. The summed E-state index contributed by atoms with van der Waals surface area (Å²) in [6, 6.07) is 5.76. The van der Waals surface area contributed by atoms with Crippen molar-refractivity contribution in [2.24, 2.45) is 0 Å². The first-order valence-electron chi connectivity index (χ1n) is 10.2. The Morgan fingerprint density at radius 2 is 1.66 bits per heavy atom. The minimum atomic E-state index is -0.105. The van der Waals surface area contributed by atoms with Gasteiger partial charge < -0.3 is 19.5 Å². The van der Waals surface area contributed by atoms with Crippen LogP contribution in [0.4, 0.5) is 0 Å². The Hall–Kier alpha value is -2.83. The highest BCUT2D eigenvalue weighted by molar-refractivity contribution is 5.93. The maximum Gasteiger partial charge on any atom is 0.254 e. The van der Waals surface area contributed by atoms with Gasteiger partial charge in [0.1, 0.15) is 5.82 Å². The second-order valence-electron chi connectivity index (χ2n) is 7.66. The van der Waals surface area contributed by atoms with E-state index in [1.54, 1.807) is 26.6 Å². The fourth-order valence-electron chi connectivity index (χ4n) is 3.73. The predicted octanol–water partition coefficient (Wildman–Crippen LogP) is 3.49. The van der Waals surface area contributed by atoms with Crippen molar-refractivity contribution in [3.8, 4) is 17.2 Å². The Labute approximate surface area is 170 Å². The summed E-state index contributed by atoms with van der Waals surface area (Å²) in [5.74, 6) is 3.19. The van der Waals surface area contributed by atoms with E-state index in [1.165, 1.54) is 0 Å². The standard InChI is InChI=1S/C22H27N3O4/c1-27-18-4-3-5-19(20(18)28-2)29-17-10-8-16(9-11-17)25-22(26)15-12-23-21(24-13-15)14-6-7-14/h3-5,12-14,16-17H,6-11H2,1-2H3,(H,25,26). The smallest absolute Gasteiger partial charge is 0.254 e. The number of carbonyl (C=O) groups is 1. The number of carbonyl (C=O) groups excluding carboxylic acids is 1. The molecule has 1 aromatic carbocycles. The normalized spacial score (nSPS) is 21.3. The molecule has 2 fully saturated rings. The van der Waals surface area contributed by atoms with Crippen LogP contribution in [0.3, 0.4) is 0 Å². The largest absolute Gasteiger partial charge is 0.493 e. The summed E-state index contributed by atoms with van der Waals surface area (Å²) < 4.78 is 16.9. The minimum absolute atomic E-state index is 0.0883. The van der Waals surface area contributed by atoms with Gasteiger partial charge in [-0.15, -0.1) is 0 Å². The Bertz CT molecular complexity index is 844. The first-order chi connectivity index (χ1) is 14.2. The summed E-state index contributed by atoms with van der Waals surface area (Å²) in [6.07, 6.45) is 9.12. The van der Waals surface area contributed by atoms with E-state index in [0.29, 0.717) is 28.7 Å². The van der Waals surface area contributed by atoms with Gasteiger partial charge in [0.05, 0.1) is 25.9 Å². The number of hydrogen-bond acceptors (Lipinski definition) is 6. The molecule has 7 heteroatoms. The van der Waals surface area contributed by atoms with E-state index < -0.39 is 0 Å². The highest BCUT2D eigenvalue weighted by Gasteiger charge is 2.27. The number of methoxy groups -OCH3 is 2. The number of nitrogens with one attached hydrogen (secondary N) is 1. The van der Waals surface area contributed by atoms with Crippen molar-refractivity contribution in [1.82, 2.24) is 15.3 Å². The van der Waals surface area contributed by atoms with Gasteiger partial charge in [-0.25, -0.2) is 9.97 Å². The van der Waals surface area contributed by atoms with Gasteiger partial charge in [-0.1, -0.05) is 6.07 Å². The van der Waals surface area contributed by atoms with Crippen LogP contribution in [-0.4, -0.2) is 42.2 Å². The average Bonchev–Trinajstić information content (AvgIpc) is 3.60. The molecule has 154 valence electrons. The van der Waals surface area contributed by atoms with Crippen molar-refractivity contribution >= 4 is 5.91 Å². The maximum absolute atomic E-state index is 12.5. The van der Waals surface area contributed by atoms with Crippen molar-refractivity contribution in [3.05, 3.63) is 42.0 Å². The molecule has 29 heavy (non-hydrogen) atoms. The molecule has 2 aliphatic rings. The quantitative estimate of drug-likeness (QED) is 0.770. The average molecular weight is 397 g/mol. The van der Waals surface area contributed by atoms with Gasteiger partial charge in [-0.05, 0) is 50.7 Å². The Morgan fingerprint density at radius 1 is 0.966 bits per heavy atom. The van der Waals surface area contributed by atoms with Crippen molar-refractivity contribution in [2.75, 3.05) is 14.2 Å². The maximum atomic E-state index is 12.5. The first-order valence-corrected chi connectivity index (χ1v) is 10.2.